The van der Waals surface area contributed by atoms with Gasteiger partial charge in [-0.2, -0.15) is 22.0 Å². The highest BCUT2D eigenvalue weighted by Crippen LogP contribution is 2.35. The number of aromatic carboxylic acids is 1. The van der Waals surface area contributed by atoms with Crippen LogP contribution in [0.15, 0.2) is 12.1 Å². The van der Waals surface area contributed by atoms with Crippen molar-refractivity contribution in [3.05, 3.63) is 17.8 Å². The van der Waals surface area contributed by atoms with Gasteiger partial charge in [0.15, 0.2) is 12.5 Å². The highest BCUT2D eigenvalue weighted by Gasteiger charge is 2.58. The lowest BCUT2D eigenvalue weighted by atomic mass is 10.3. The van der Waals surface area contributed by atoms with E-state index in [2.05, 4.69) is 4.74 Å². The van der Waals surface area contributed by atoms with Crippen LogP contribution in [0.5, 0.6) is 5.88 Å². The maximum atomic E-state index is 12.4. The molecule has 0 spiro atoms. The Hall–Kier alpha value is -1.80. The van der Waals surface area contributed by atoms with E-state index in [0.717, 1.165) is 12.1 Å². The molecule has 1 aromatic rings. The number of nitrogens with one attached hydrogen (secondary N) is 1. The van der Waals surface area contributed by atoms with Crippen LogP contribution < -0.4 is 4.74 Å². The first-order valence-electron chi connectivity index (χ1n) is 4.13. The number of rotatable bonds is 4. The molecule has 1 rings (SSSR count). The molecule has 0 aromatic carbocycles. The van der Waals surface area contributed by atoms with E-state index in [-0.39, 0.29) is 5.69 Å². The van der Waals surface area contributed by atoms with Crippen molar-refractivity contribution in [2.45, 2.75) is 12.1 Å². The minimum absolute atomic E-state index is 0.379. The summed E-state index contributed by atoms with van der Waals surface area (Å²) in [5, 5.41) is 8.44. The van der Waals surface area contributed by atoms with Gasteiger partial charge >= 0.3 is 18.1 Å². The fourth-order valence-electron chi connectivity index (χ4n) is 0.834. The molecule has 96 valence electrons. The van der Waals surface area contributed by atoms with Crippen molar-refractivity contribution in [1.29, 1.82) is 0 Å². The quantitative estimate of drug-likeness (QED) is 0.815. The highest BCUT2D eigenvalue weighted by molar-refractivity contribution is 5.85. The predicted octanol–water partition coefficient (Wildman–Crippen LogP) is 2.29. The number of carbonyl (C=O) groups is 1. The third kappa shape index (κ3) is 3.08. The lowest BCUT2D eigenvalue weighted by Crippen LogP contribution is -2.41. The molecule has 0 bridgehead atoms. The summed E-state index contributed by atoms with van der Waals surface area (Å²) in [6.45, 7) is -1.92. The Morgan fingerprint density at radius 1 is 1.29 bits per heavy atom. The van der Waals surface area contributed by atoms with Crippen LogP contribution in [-0.4, -0.2) is 34.8 Å². The lowest BCUT2D eigenvalue weighted by molar-refractivity contribution is -0.290. The van der Waals surface area contributed by atoms with Gasteiger partial charge in [-0.05, 0) is 6.07 Å². The van der Waals surface area contributed by atoms with Crippen molar-refractivity contribution in [3.63, 3.8) is 0 Å². The summed E-state index contributed by atoms with van der Waals surface area (Å²) in [7, 11) is 0. The minimum atomic E-state index is -5.71. The Balaban J connectivity index is 2.64. The SMILES string of the molecule is O=C(O)c1ccc(OCC(F)(F)C(F)(F)F)[nH]1. The molecule has 0 fully saturated rings. The molecule has 1 aromatic heterocycles. The average Bonchev–Trinajstić information content (AvgIpc) is 2.61. The van der Waals surface area contributed by atoms with Crippen LogP contribution in [0, 0.1) is 0 Å². The smallest absolute Gasteiger partial charge is 0.456 e. The highest BCUT2D eigenvalue weighted by atomic mass is 19.4. The number of halogens is 5. The summed E-state index contributed by atoms with van der Waals surface area (Å²) < 4.78 is 64.1. The molecule has 2 N–H and O–H groups in total. The molecule has 4 nitrogen and oxygen atoms in total. The van der Waals surface area contributed by atoms with E-state index in [0.29, 0.717) is 0 Å². The monoisotopic (exact) mass is 259 g/mol. The Morgan fingerprint density at radius 3 is 2.29 bits per heavy atom. The van der Waals surface area contributed by atoms with Crippen LogP contribution in [0.2, 0.25) is 0 Å². The first-order valence-corrected chi connectivity index (χ1v) is 4.13. The second-order valence-corrected chi connectivity index (χ2v) is 3.03. The van der Waals surface area contributed by atoms with Crippen molar-refractivity contribution in [3.8, 4) is 5.88 Å². The van der Waals surface area contributed by atoms with Crippen molar-refractivity contribution in [1.82, 2.24) is 4.98 Å². The van der Waals surface area contributed by atoms with Crippen LogP contribution in [0.4, 0.5) is 22.0 Å². The second-order valence-electron chi connectivity index (χ2n) is 3.03. The number of hydrogen-bond donors (Lipinski definition) is 2. The third-order valence-electron chi connectivity index (χ3n) is 1.71. The van der Waals surface area contributed by atoms with E-state index in [1.165, 1.54) is 0 Å². The van der Waals surface area contributed by atoms with E-state index < -0.39 is 30.6 Å². The van der Waals surface area contributed by atoms with Gasteiger partial charge in [-0.1, -0.05) is 0 Å². The number of aromatic nitrogens is 1. The van der Waals surface area contributed by atoms with Crippen LogP contribution in [0.3, 0.4) is 0 Å². The zero-order chi connectivity index (χ0) is 13.3. The van der Waals surface area contributed by atoms with Crippen molar-refractivity contribution in [2.75, 3.05) is 6.61 Å². The zero-order valence-electron chi connectivity index (χ0n) is 8.02. The molecule has 0 unspecified atom stereocenters. The average molecular weight is 259 g/mol. The van der Waals surface area contributed by atoms with Crippen LogP contribution in [0.25, 0.3) is 0 Å². The minimum Gasteiger partial charge on any atom is -0.477 e. The number of ether oxygens (including phenoxy) is 1. The summed E-state index contributed by atoms with van der Waals surface area (Å²) in [6, 6.07) is 1.92. The molecule has 0 atom stereocenters. The lowest BCUT2D eigenvalue weighted by Gasteiger charge is -2.19. The van der Waals surface area contributed by atoms with Crippen molar-refractivity contribution >= 4 is 5.97 Å². The molecule has 0 saturated carbocycles. The maximum Gasteiger partial charge on any atom is 0.456 e. The zero-order valence-corrected chi connectivity index (χ0v) is 8.02. The van der Waals surface area contributed by atoms with Crippen molar-refractivity contribution in [2.24, 2.45) is 0 Å². The fraction of sp³-hybridized carbons (Fsp3) is 0.375. The molecule has 0 saturated heterocycles. The summed E-state index contributed by atoms with van der Waals surface area (Å²) in [5.74, 6) is -6.87. The molecule has 17 heavy (non-hydrogen) atoms. The van der Waals surface area contributed by atoms with Gasteiger partial charge in [-0.3, -0.25) is 0 Å². The van der Waals surface area contributed by atoms with E-state index in [4.69, 9.17) is 5.11 Å². The van der Waals surface area contributed by atoms with E-state index >= 15 is 0 Å². The largest absolute Gasteiger partial charge is 0.477 e. The summed E-state index contributed by atoms with van der Waals surface area (Å²) in [6.07, 6.45) is -5.71. The van der Waals surface area contributed by atoms with Crippen molar-refractivity contribution < 1.29 is 36.6 Å². The van der Waals surface area contributed by atoms with Gasteiger partial charge in [0.2, 0.25) is 0 Å². The molecule has 0 aliphatic heterocycles. The van der Waals surface area contributed by atoms with Gasteiger partial charge < -0.3 is 14.8 Å². The standard InChI is InChI=1S/C8H6F5NO3/c9-7(10,8(11,12)13)3-17-5-2-1-4(14-5)6(15)16/h1-2,14H,3H2,(H,15,16). The number of alkyl halides is 5. The van der Waals surface area contributed by atoms with Crippen LogP contribution >= 0.6 is 0 Å². The summed E-state index contributed by atoms with van der Waals surface area (Å²) in [4.78, 5) is 12.4. The Kier molecular flexibility index (Phi) is 3.30. The molecule has 0 aliphatic carbocycles. The molecule has 0 amide bonds. The number of aromatic amines is 1. The first kappa shape index (κ1) is 13.3. The number of H-pyrrole nitrogens is 1. The van der Waals surface area contributed by atoms with Gasteiger partial charge in [-0.25, -0.2) is 4.79 Å². The summed E-state index contributed by atoms with van der Waals surface area (Å²) >= 11 is 0. The Labute approximate surface area is 91.0 Å². The Bertz CT molecular complexity index is 412. The van der Waals surface area contributed by atoms with Gasteiger partial charge in [0, 0.05) is 6.07 Å². The van der Waals surface area contributed by atoms with E-state index in [1.807, 2.05) is 4.98 Å². The number of carboxylic acid groups (broad SMARTS) is 1. The first-order chi connectivity index (χ1) is 7.63. The second kappa shape index (κ2) is 4.22. The molecule has 0 aliphatic rings. The topological polar surface area (TPSA) is 62.3 Å². The normalized spacial score (nSPS) is 12.5. The number of carboxylic acids is 1. The molecule has 9 heteroatoms. The predicted molar refractivity (Wildman–Crippen MR) is 44.2 cm³/mol. The van der Waals surface area contributed by atoms with Gasteiger partial charge in [0.05, 0.1) is 0 Å². The molecular formula is C8H6F5NO3. The van der Waals surface area contributed by atoms with Crippen LogP contribution in [-0.2, 0) is 0 Å². The maximum absolute atomic E-state index is 12.4. The molecule has 1 heterocycles. The van der Waals surface area contributed by atoms with Gasteiger partial charge in [-0.15, -0.1) is 0 Å². The third-order valence-corrected chi connectivity index (χ3v) is 1.71. The van der Waals surface area contributed by atoms with Gasteiger partial charge in [0.25, 0.3) is 0 Å². The molecule has 0 radical (unpaired) electrons. The van der Waals surface area contributed by atoms with E-state index in [1.54, 1.807) is 0 Å². The number of hydrogen-bond acceptors (Lipinski definition) is 2. The van der Waals surface area contributed by atoms with Gasteiger partial charge in [0.1, 0.15) is 5.69 Å². The Morgan fingerprint density at radius 2 is 1.88 bits per heavy atom. The summed E-state index contributed by atoms with van der Waals surface area (Å²) in [5.41, 5.74) is -0.379. The van der Waals surface area contributed by atoms with Crippen LogP contribution in [0.1, 0.15) is 10.5 Å². The fourth-order valence-corrected chi connectivity index (χ4v) is 0.834. The molecular weight excluding hydrogens is 253 g/mol. The van der Waals surface area contributed by atoms with E-state index in [9.17, 15) is 26.7 Å².